The number of nitrogens with one attached hydrogen (secondary N) is 2. The van der Waals surface area contributed by atoms with Crippen LogP contribution in [0.4, 0.5) is 0 Å². The number of halogens is 1. The normalized spacial score (nSPS) is 13.4. The van der Waals surface area contributed by atoms with E-state index >= 15 is 0 Å². The maximum Gasteiger partial charge on any atom is 0.236 e. The molecule has 0 aromatic heterocycles. The molecule has 1 amide bonds. The van der Waals surface area contributed by atoms with E-state index in [1.807, 2.05) is 19.1 Å². The van der Waals surface area contributed by atoms with Gasteiger partial charge in [-0.25, -0.2) is 0 Å². The molecule has 1 atom stereocenters. The van der Waals surface area contributed by atoms with Gasteiger partial charge in [0, 0.05) is 19.0 Å². The molecule has 4 heteroatoms. The summed E-state index contributed by atoms with van der Waals surface area (Å²) in [6.07, 6.45) is 3.77. The molecule has 0 aliphatic carbocycles. The Hall–Kier alpha value is -0.540. The van der Waals surface area contributed by atoms with E-state index in [1.54, 1.807) is 0 Å². The summed E-state index contributed by atoms with van der Waals surface area (Å²) in [7, 11) is 0. The third-order valence-electron chi connectivity index (χ3n) is 1.88. The highest BCUT2D eigenvalue weighted by molar-refractivity contribution is 6.18. The number of hydrogen-bond donors (Lipinski definition) is 2. The van der Waals surface area contributed by atoms with E-state index in [-0.39, 0.29) is 11.9 Å². The lowest BCUT2D eigenvalue weighted by molar-refractivity contribution is -0.122. The molecule has 2 N–H and O–H groups in total. The average molecular weight is 233 g/mol. The first-order valence-electron chi connectivity index (χ1n) is 5.30. The highest BCUT2D eigenvalue weighted by Crippen LogP contribution is 1.89. The van der Waals surface area contributed by atoms with Crippen molar-refractivity contribution in [1.82, 2.24) is 10.6 Å². The zero-order valence-electron chi connectivity index (χ0n) is 9.72. The Bertz CT molecular complexity index is 205. The first-order chi connectivity index (χ1) is 7.07. The first kappa shape index (κ1) is 14.5. The minimum absolute atomic E-state index is 0.0444. The van der Waals surface area contributed by atoms with E-state index < -0.39 is 0 Å². The monoisotopic (exact) mass is 232 g/mol. The zero-order chi connectivity index (χ0) is 11.7. The molecule has 0 radical (unpaired) electrons. The third-order valence-corrected chi connectivity index (χ3v) is 2.05. The second-order valence-electron chi connectivity index (χ2n) is 3.89. The molecule has 3 nitrogen and oxygen atoms in total. The van der Waals surface area contributed by atoms with Gasteiger partial charge in [-0.2, -0.15) is 0 Å². The molecule has 0 saturated carbocycles. The lowest BCUT2D eigenvalue weighted by atomic mass is 10.2. The van der Waals surface area contributed by atoms with Crippen molar-refractivity contribution in [2.75, 3.05) is 19.0 Å². The zero-order valence-corrected chi connectivity index (χ0v) is 10.5. The number of rotatable bonds is 7. The van der Waals surface area contributed by atoms with Gasteiger partial charge in [-0.15, -0.1) is 11.6 Å². The molecule has 0 spiro atoms. The van der Waals surface area contributed by atoms with Gasteiger partial charge >= 0.3 is 0 Å². The molecule has 15 heavy (non-hydrogen) atoms. The number of alkyl halides is 1. The first-order valence-corrected chi connectivity index (χ1v) is 5.83. The summed E-state index contributed by atoms with van der Waals surface area (Å²) < 4.78 is 0. The average Bonchev–Trinajstić information content (AvgIpc) is 2.20. The highest BCUT2D eigenvalue weighted by atomic mass is 35.5. The molecule has 0 heterocycles. The largest absolute Gasteiger partial charge is 0.354 e. The van der Waals surface area contributed by atoms with E-state index in [2.05, 4.69) is 24.5 Å². The van der Waals surface area contributed by atoms with Crippen LogP contribution in [0.5, 0.6) is 0 Å². The van der Waals surface area contributed by atoms with Crippen LogP contribution in [-0.4, -0.2) is 30.9 Å². The van der Waals surface area contributed by atoms with E-state index in [0.717, 1.165) is 6.54 Å². The Morgan fingerprint density at radius 2 is 2.00 bits per heavy atom. The van der Waals surface area contributed by atoms with Gasteiger partial charge in [0.2, 0.25) is 5.91 Å². The second-order valence-corrected chi connectivity index (χ2v) is 4.20. The van der Waals surface area contributed by atoms with Crippen molar-refractivity contribution in [3.05, 3.63) is 12.2 Å². The smallest absolute Gasteiger partial charge is 0.236 e. The lowest BCUT2D eigenvalue weighted by Crippen LogP contribution is -2.43. The summed E-state index contributed by atoms with van der Waals surface area (Å²) >= 11 is 5.47. The van der Waals surface area contributed by atoms with Crippen LogP contribution in [0.15, 0.2) is 12.2 Å². The fraction of sp³-hybridized carbons (Fsp3) is 0.727. The van der Waals surface area contributed by atoms with Crippen LogP contribution < -0.4 is 10.6 Å². The van der Waals surface area contributed by atoms with Crippen LogP contribution in [-0.2, 0) is 4.79 Å². The van der Waals surface area contributed by atoms with Gasteiger partial charge in [0.1, 0.15) is 0 Å². The summed E-state index contributed by atoms with van der Waals surface area (Å²) in [4.78, 5) is 11.5. The maximum atomic E-state index is 11.5. The number of carbonyl (C=O) groups excluding carboxylic acids is 1. The lowest BCUT2D eigenvalue weighted by Gasteiger charge is -2.13. The molecule has 1 unspecified atom stereocenters. The van der Waals surface area contributed by atoms with Gasteiger partial charge in [0.05, 0.1) is 6.04 Å². The Kier molecular flexibility index (Phi) is 8.43. The fourth-order valence-corrected chi connectivity index (χ4v) is 1.07. The summed E-state index contributed by atoms with van der Waals surface area (Å²) in [6.45, 7) is 7.39. The Morgan fingerprint density at radius 3 is 2.53 bits per heavy atom. The molecule has 0 fully saturated rings. The number of carbonyl (C=O) groups is 1. The van der Waals surface area contributed by atoms with E-state index in [0.29, 0.717) is 18.3 Å². The summed E-state index contributed by atoms with van der Waals surface area (Å²) in [5, 5.41) is 5.95. The molecular formula is C11H21ClN2O. The van der Waals surface area contributed by atoms with Crippen molar-refractivity contribution in [3.8, 4) is 0 Å². The van der Waals surface area contributed by atoms with Crippen LogP contribution in [0, 0.1) is 5.92 Å². The summed E-state index contributed by atoms with van der Waals surface area (Å²) in [6, 6.07) is -0.163. The number of hydrogen-bond acceptors (Lipinski definition) is 2. The Balaban J connectivity index is 3.64. The predicted molar refractivity (Wildman–Crippen MR) is 65.2 cm³/mol. The molecule has 0 saturated heterocycles. The van der Waals surface area contributed by atoms with Gasteiger partial charge in [0.15, 0.2) is 0 Å². The van der Waals surface area contributed by atoms with Gasteiger partial charge in [-0.1, -0.05) is 26.0 Å². The molecule has 0 rings (SSSR count). The molecule has 0 bridgehead atoms. The highest BCUT2D eigenvalue weighted by Gasteiger charge is 2.10. The molecule has 0 aliphatic heterocycles. The van der Waals surface area contributed by atoms with Crippen LogP contribution in [0.2, 0.25) is 0 Å². The van der Waals surface area contributed by atoms with Crippen molar-refractivity contribution in [2.45, 2.75) is 26.8 Å². The summed E-state index contributed by atoms with van der Waals surface area (Å²) in [5.74, 6) is 1.04. The van der Waals surface area contributed by atoms with Crippen molar-refractivity contribution < 1.29 is 4.79 Å². The maximum absolute atomic E-state index is 11.5. The second kappa shape index (κ2) is 8.74. The number of allylic oxidation sites excluding steroid dienone is 1. The topological polar surface area (TPSA) is 41.1 Å². The van der Waals surface area contributed by atoms with Gasteiger partial charge in [0.25, 0.3) is 0 Å². The van der Waals surface area contributed by atoms with Gasteiger partial charge in [-0.3, -0.25) is 4.79 Å². The van der Waals surface area contributed by atoms with Crippen LogP contribution >= 0.6 is 11.6 Å². The quantitative estimate of drug-likeness (QED) is 0.517. The van der Waals surface area contributed by atoms with E-state index in [9.17, 15) is 4.79 Å². The van der Waals surface area contributed by atoms with Crippen LogP contribution in [0.3, 0.4) is 0 Å². The van der Waals surface area contributed by atoms with Crippen molar-refractivity contribution in [1.29, 1.82) is 0 Å². The van der Waals surface area contributed by atoms with Crippen LogP contribution in [0.25, 0.3) is 0 Å². The van der Waals surface area contributed by atoms with Crippen LogP contribution in [0.1, 0.15) is 20.8 Å². The van der Waals surface area contributed by atoms with E-state index in [4.69, 9.17) is 11.6 Å². The Labute approximate surface area is 97.3 Å². The number of amides is 1. The molecule has 0 aromatic rings. The SMILES string of the molecule is CC(C)CNC(=O)C(C)NC/C=C/CCl. The van der Waals surface area contributed by atoms with Crippen molar-refractivity contribution in [2.24, 2.45) is 5.92 Å². The van der Waals surface area contributed by atoms with Gasteiger partial charge < -0.3 is 10.6 Å². The molecule has 88 valence electrons. The molecular weight excluding hydrogens is 212 g/mol. The molecule has 0 aliphatic rings. The van der Waals surface area contributed by atoms with Gasteiger partial charge in [-0.05, 0) is 12.8 Å². The predicted octanol–water partition coefficient (Wildman–Crippen LogP) is 1.53. The fourth-order valence-electron chi connectivity index (χ4n) is 0.942. The van der Waals surface area contributed by atoms with Crippen molar-refractivity contribution >= 4 is 17.5 Å². The molecule has 0 aromatic carbocycles. The van der Waals surface area contributed by atoms with Crippen molar-refractivity contribution in [3.63, 3.8) is 0 Å². The minimum atomic E-state index is -0.163. The third kappa shape index (κ3) is 8.45. The van der Waals surface area contributed by atoms with E-state index in [1.165, 1.54) is 0 Å². The summed E-state index contributed by atoms with van der Waals surface area (Å²) in [5.41, 5.74) is 0. The standard InChI is InChI=1S/C11H21ClN2O/c1-9(2)8-14-11(15)10(3)13-7-5-4-6-12/h4-5,9-10,13H,6-8H2,1-3H3,(H,14,15)/b5-4+. The Morgan fingerprint density at radius 1 is 1.33 bits per heavy atom. The minimum Gasteiger partial charge on any atom is -0.354 e.